The van der Waals surface area contributed by atoms with E-state index in [0.717, 1.165) is 16.9 Å². The van der Waals surface area contributed by atoms with E-state index in [1.807, 2.05) is 0 Å². The first-order valence-corrected chi connectivity index (χ1v) is 7.40. The zero-order valence-corrected chi connectivity index (χ0v) is 13.7. The molecule has 1 atom stereocenters. The van der Waals surface area contributed by atoms with Gasteiger partial charge < -0.3 is 10.2 Å². The van der Waals surface area contributed by atoms with E-state index in [0.29, 0.717) is 5.92 Å². The highest BCUT2D eigenvalue weighted by Gasteiger charge is 2.08. The molecule has 0 saturated heterocycles. The SMILES string of the molecule is CC(C)CC(C)CNc1cc(Br)ccc1N(C)C. The van der Waals surface area contributed by atoms with Gasteiger partial charge in [-0.1, -0.05) is 36.7 Å². The van der Waals surface area contributed by atoms with Gasteiger partial charge in [-0.15, -0.1) is 0 Å². The largest absolute Gasteiger partial charge is 0.383 e. The van der Waals surface area contributed by atoms with E-state index in [2.05, 4.69) is 79.2 Å². The lowest BCUT2D eigenvalue weighted by Crippen LogP contribution is -2.16. The summed E-state index contributed by atoms with van der Waals surface area (Å²) >= 11 is 3.53. The number of halogens is 1. The summed E-state index contributed by atoms with van der Waals surface area (Å²) in [4.78, 5) is 2.14. The van der Waals surface area contributed by atoms with Crippen molar-refractivity contribution in [1.29, 1.82) is 0 Å². The molecular formula is C15H25BrN2. The van der Waals surface area contributed by atoms with Crippen LogP contribution in [0.2, 0.25) is 0 Å². The zero-order chi connectivity index (χ0) is 13.7. The molecule has 1 N–H and O–H groups in total. The molecule has 3 heteroatoms. The fourth-order valence-corrected chi connectivity index (χ4v) is 2.57. The topological polar surface area (TPSA) is 15.3 Å². The molecule has 1 unspecified atom stereocenters. The highest BCUT2D eigenvalue weighted by atomic mass is 79.9. The summed E-state index contributed by atoms with van der Waals surface area (Å²) in [6.45, 7) is 7.89. The number of anilines is 2. The van der Waals surface area contributed by atoms with Crippen molar-refractivity contribution in [3.63, 3.8) is 0 Å². The molecule has 1 aromatic rings. The van der Waals surface area contributed by atoms with Gasteiger partial charge in [-0.2, -0.15) is 0 Å². The molecule has 0 amide bonds. The van der Waals surface area contributed by atoms with Gasteiger partial charge in [0.05, 0.1) is 11.4 Å². The molecule has 2 nitrogen and oxygen atoms in total. The summed E-state index contributed by atoms with van der Waals surface area (Å²) < 4.78 is 1.12. The van der Waals surface area contributed by atoms with Crippen LogP contribution >= 0.6 is 15.9 Å². The second-order valence-corrected chi connectivity index (χ2v) is 6.59. The molecule has 0 saturated carbocycles. The van der Waals surface area contributed by atoms with Crippen LogP contribution in [0.15, 0.2) is 22.7 Å². The quantitative estimate of drug-likeness (QED) is 0.825. The van der Waals surface area contributed by atoms with E-state index in [1.54, 1.807) is 0 Å². The molecule has 0 aliphatic rings. The standard InChI is InChI=1S/C15H25BrN2/c1-11(2)8-12(3)10-17-14-9-13(16)6-7-15(14)18(4)5/h6-7,9,11-12,17H,8,10H2,1-5H3. The van der Waals surface area contributed by atoms with Gasteiger partial charge >= 0.3 is 0 Å². The fourth-order valence-electron chi connectivity index (χ4n) is 2.21. The Morgan fingerprint density at radius 1 is 1.22 bits per heavy atom. The van der Waals surface area contributed by atoms with Crippen LogP contribution in [-0.4, -0.2) is 20.6 Å². The first-order valence-electron chi connectivity index (χ1n) is 6.61. The van der Waals surface area contributed by atoms with Crippen LogP contribution in [-0.2, 0) is 0 Å². The Hall–Kier alpha value is -0.700. The molecular weight excluding hydrogens is 288 g/mol. The van der Waals surface area contributed by atoms with Crippen molar-refractivity contribution in [2.45, 2.75) is 27.2 Å². The van der Waals surface area contributed by atoms with Crippen molar-refractivity contribution in [2.75, 3.05) is 30.9 Å². The van der Waals surface area contributed by atoms with Crippen molar-refractivity contribution in [3.05, 3.63) is 22.7 Å². The molecule has 102 valence electrons. The lowest BCUT2D eigenvalue weighted by atomic mass is 9.99. The van der Waals surface area contributed by atoms with Crippen LogP contribution < -0.4 is 10.2 Å². The fraction of sp³-hybridized carbons (Fsp3) is 0.600. The Bertz CT molecular complexity index is 375. The van der Waals surface area contributed by atoms with Crippen molar-refractivity contribution >= 4 is 27.3 Å². The van der Waals surface area contributed by atoms with Gasteiger partial charge in [0.25, 0.3) is 0 Å². The minimum absolute atomic E-state index is 0.694. The minimum Gasteiger partial charge on any atom is -0.383 e. The Kier molecular flexibility index (Phi) is 6.00. The smallest absolute Gasteiger partial charge is 0.0597 e. The summed E-state index contributed by atoms with van der Waals surface area (Å²) in [5, 5.41) is 3.57. The molecule has 1 aromatic carbocycles. The molecule has 0 aromatic heterocycles. The third-order valence-electron chi connectivity index (χ3n) is 2.96. The highest BCUT2D eigenvalue weighted by Crippen LogP contribution is 2.28. The van der Waals surface area contributed by atoms with Crippen LogP contribution in [0.1, 0.15) is 27.2 Å². The second-order valence-electron chi connectivity index (χ2n) is 5.67. The van der Waals surface area contributed by atoms with Gasteiger partial charge in [-0.25, -0.2) is 0 Å². The van der Waals surface area contributed by atoms with Crippen LogP contribution in [0.25, 0.3) is 0 Å². The summed E-state index contributed by atoms with van der Waals surface area (Å²) in [7, 11) is 4.15. The first-order chi connectivity index (χ1) is 8.40. The Morgan fingerprint density at radius 2 is 1.89 bits per heavy atom. The van der Waals surface area contributed by atoms with Crippen molar-refractivity contribution in [3.8, 4) is 0 Å². The minimum atomic E-state index is 0.694. The maximum atomic E-state index is 3.57. The number of hydrogen-bond acceptors (Lipinski definition) is 2. The van der Waals surface area contributed by atoms with Crippen molar-refractivity contribution < 1.29 is 0 Å². The molecule has 0 heterocycles. The third-order valence-corrected chi connectivity index (χ3v) is 3.45. The maximum absolute atomic E-state index is 3.57. The molecule has 18 heavy (non-hydrogen) atoms. The summed E-state index contributed by atoms with van der Waals surface area (Å²) in [6, 6.07) is 6.37. The normalized spacial score (nSPS) is 12.6. The molecule has 0 aliphatic heterocycles. The number of rotatable bonds is 6. The maximum Gasteiger partial charge on any atom is 0.0597 e. The Labute approximate surface area is 120 Å². The molecule has 0 fully saturated rings. The first kappa shape index (κ1) is 15.4. The van der Waals surface area contributed by atoms with Crippen LogP contribution in [0.4, 0.5) is 11.4 Å². The Balaban J connectivity index is 2.68. The van der Waals surface area contributed by atoms with E-state index in [-0.39, 0.29) is 0 Å². The molecule has 0 bridgehead atoms. The molecule has 0 aliphatic carbocycles. The van der Waals surface area contributed by atoms with Crippen LogP contribution in [0, 0.1) is 11.8 Å². The van der Waals surface area contributed by atoms with E-state index in [9.17, 15) is 0 Å². The molecule has 0 radical (unpaired) electrons. The molecule has 0 spiro atoms. The summed E-state index contributed by atoms with van der Waals surface area (Å²) in [5.74, 6) is 1.46. The Morgan fingerprint density at radius 3 is 2.44 bits per heavy atom. The van der Waals surface area contributed by atoms with Gasteiger partial charge in [0.15, 0.2) is 0 Å². The van der Waals surface area contributed by atoms with Crippen LogP contribution in [0.5, 0.6) is 0 Å². The molecule has 1 rings (SSSR count). The predicted octanol–water partition coefficient (Wildman–Crippen LogP) is 4.61. The summed E-state index contributed by atoms with van der Waals surface area (Å²) in [6.07, 6.45) is 1.26. The predicted molar refractivity (Wildman–Crippen MR) is 85.6 cm³/mol. The highest BCUT2D eigenvalue weighted by molar-refractivity contribution is 9.10. The van der Waals surface area contributed by atoms with Gasteiger partial charge in [-0.05, 0) is 36.5 Å². The van der Waals surface area contributed by atoms with E-state index >= 15 is 0 Å². The number of benzene rings is 1. The van der Waals surface area contributed by atoms with Crippen LogP contribution in [0.3, 0.4) is 0 Å². The third kappa shape index (κ3) is 4.89. The zero-order valence-electron chi connectivity index (χ0n) is 12.1. The second kappa shape index (κ2) is 7.03. The average Bonchev–Trinajstić information content (AvgIpc) is 2.25. The van der Waals surface area contributed by atoms with E-state index in [1.165, 1.54) is 17.8 Å². The monoisotopic (exact) mass is 312 g/mol. The van der Waals surface area contributed by atoms with Crippen molar-refractivity contribution in [1.82, 2.24) is 0 Å². The summed E-state index contributed by atoms with van der Waals surface area (Å²) in [5.41, 5.74) is 2.43. The average molecular weight is 313 g/mol. The van der Waals surface area contributed by atoms with Crippen molar-refractivity contribution in [2.24, 2.45) is 11.8 Å². The number of hydrogen-bond donors (Lipinski definition) is 1. The van der Waals surface area contributed by atoms with E-state index in [4.69, 9.17) is 0 Å². The number of nitrogens with zero attached hydrogens (tertiary/aromatic N) is 1. The van der Waals surface area contributed by atoms with Gasteiger partial charge in [0.2, 0.25) is 0 Å². The lowest BCUT2D eigenvalue weighted by Gasteiger charge is -2.21. The van der Waals surface area contributed by atoms with Gasteiger partial charge in [-0.3, -0.25) is 0 Å². The van der Waals surface area contributed by atoms with Gasteiger partial charge in [0, 0.05) is 25.1 Å². The number of nitrogens with one attached hydrogen (secondary N) is 1. The van der Waals surface area contributed by atoms with Gasteiger partial charge in [0.1, 0.15) is 0 Å². The lowest BCUT2D eigenvalue weighted by molar-refractivity contribution is 0.455. The van der Waals surface area contributed by atoms with E-state index < -0.39 is 0 Å².